The summed E-state index contributed by atoms with van der Waals surface area (Å²) in [6.07, 6.45) is 13.3. The van der Waals surface area contributed by atoms with E-state index in [9.17, 15) is 70.4 Å². The molecule has 2 aliphatic carbocycles. The van der Waals surface area contributed by atoms with Crippen LogP contribution in [0.25, 0.3) is 115 Å². The van der Waals surface area contributed by atoms with Crippen LogP contribution >= 0.6 is 23.2 Å². The van der Waals surface area contributed by atoms with Crippen molar-refractivity contribution in [3.63, 3.8) is 0 Å². The lowest BCUT2D eigenvalue weighted by Gasteiger charge is -2.13. The summed E-state index contributed by atoms with van der Waals surface area (Å²) in [6, 6.07) is 50.0. The van der Waals surface area contributed by atoms with Gasteiger partial charge in [-0.05, 0) is 195 Å². The van der Waals surface area contributed by atoms with Gasteiger partial charge in [0, 0.05) is 164 Å². The fourth-order valence-electron chi connectivity index (χ4n) is 18.1. The number of allylic oxidation sites excluding steroid dienone is 4. The minimum Gasteiger partial charge on any atom is -0.333 e. The van der Waals surface area contributed by atoms with Gasteiger partial charge in [-0.15, -0.1) is 0 Å². The summed E-state index contributed by atoms with van der Waals surface area (Å²) < 4.78 is 106. The third kappa shape index (κ3) is 17.9. The van der Waals surface area contributed by atoms with E-state index in [1.807, 2.05) is 85.8 Å². The number of aromatic amines is 5. The molecule has 24 nitrogen and oxygen atoms in total. The molecule has 10 aromatic heterocycles. The minimum absolute atomic E-state index is 0.00286. The van der Waals surface area contributed by atoms with Crippen LogP contribution in [0.5, 0.6) is 0 Å². The Hall–Kier alpha value is -16.0. The standard InChI is InChI=1S/C28H21ClFN3O2.C26H19ClFN3O2.C26H19F2N3O4.C26H22FN3O4S/c1-15(34)26-25(19-6-4-10-31-28(19)35)21-12-20(16-8-9-16)22(30)13-24(21)33(26)14-18-11-17-5-2-3-7-23(17)32-27(18)29;1-14-10-19-22(12-20(14)28)31(13-17-11-16-6-3-4-8-21(16)30-25(17)27)24(15(2)32)23(19)18-7-5-9-29-26(18)33;1-12-7-17-21(10-18(12)27)31(24(13(2)32)23(17)15-5-3-4-6-22(15)33)11-14-8-16-20(9-19(14)28)29-26(35)30-25(16)34;1-4-16-7-8-22-20(10-16)24(19-6-5-9-29-26(19)32)25(15(2)31)30(22)14-18-12-23(35(3,33)34)17(13-28)11-21(18)27/h2-7,10-13,16H,8-9,14H2,1H3,(H,31,35);3-12H,13H2,1-2H3,(H,29,33);3-5,7-10H,6,11H2,1-2H3,(H2,29,30,34,35);5-12H,4,14H2,1-3H3,(H,29,32). The summed E-state index contributed by atoms with van der Waals surface area (Å²) >= 11 is 13.1. The van der Waals surface area contributed by atoms with Crippen molar-refractivity contribution in [1.82, 2.24) is 53.2 Å². The second-order valence-electron chi connectivity index (χ2n) is 33.9. The summed E-state index contributed by atoms with van der Waals surface area (Å²) in [5, 5.41) is 14.2. The number of fused-ring (bicyclic) bond motifs is 7. The number of benzene rings is 8. The van der Waals surface area contributed by atoms with Crippen molar-refractivity contribution in [2.24, 2.45) is 0 Å². The number of nitriles is 1. The van der Waals surface area contributed by atoms with Crippen molar-refractivity contribution in [2.45, 2.75) is 111 Å². The topological polar surface area (TPSA) is 353 Å². The highest BCUT2D eigenvalue weighted by Crippen LogP contribution is 2.47. The molecule has 0 atom stereocenters. The van der Waals surface area contributed by atoms with E-state index in [0.29, 0.717) is 138 Å². The average Bonchev–Trinajstić information content (AvgIpc) is 1.59. The molecule has 138 heavy (non-hydrogen) atoms. The number of H-pyrrole nitrogens is 5. The van der Waals surface area contributed by atoms with Crippen molar-refractivity contribution in [3.05, 3.63) is 382 Å². The summed E-state index contributed by atoms with van der Waals surface area (Å²) in [4.78, 5) is 148. The number of halogens is 7. The molecule has 0 amide bonds. The number of sulfone groups is 1. The van der Waals surface area contributed by atoms with E-state index in [1.54, 1.807) is 113 Å². The zero-order valence-corrected chi connectivity index (χ0v) is 77.4. The Labute approximate surface area is 791 Å². The van der Waals surface area contributed by atoms with Crippen LogP contribution in [0.15, 0.2) is 242 Å². The molecule has 10 heterocycles. The molecular formula is C106H81Cl2F5N12O12S. The highest BCUT2D eigenvalue weighted by Gasteiger charge is 2.35. The van der Waals surface area contributed by atoms with Gasteiger partial charge >= 0.3 is 5.69 Å². The van der Waals surface area contributed by atoms with Gasteiger partial charge in [-0.25, -0.2) is 45.1 Å². The van der Waals surface area contributed by atoms with Crippen LogP contribution in [0, 0.1) is 54.3 Å². The third-order valence-corrected chi connectivity index (χ3v) is 26.5. The normalized spacial score (nSPS) is 12.5. The number of nitrogens with zero attached hydrogens (tertiary/aromatic N) is 7. The van der Waals surface area contributed by atoms with E-state index in [1.165, 1.54) is 68.9 Å². The van der Waals surface area contributed by atoms with E-state index in [2.05, 4.69) is 34.9 Å². The number of carbonyl (C=O) groups excluding carboxylic acids is 5. The molecular weight excluding hydrogens is 1830 g/mol. The number of nitrogens with one attached hydrogen (secondary N) is 5. The maximum absolute atomic E-state index is 15.2. The lowest BCUT2D eigenvalue weighted by molar-refractivity contribution is -0.113. The van der Waals surface area contributed by atoms with Gasteiger partial charge in [-0.1, -0.05) is 90.8 Å². The molecule has 20 rings (SSSR count). The second-order valence-corrected chi connectivity index (χ2v) is 36.6. The van der Waals surface area contributed by atoms with E-state index in [4.69, 9.17) is 23.2 Å². The summed E-state index contributed by atoms with van der Waals surface area (Å²) in [5.41, 5.74) is 8.67. The molecule has 1 fully saturated rings. The Morgan fingerprint density at radius 1 is 0.471 bits per heavy atom. The number of ketones is 5. The maximum atomic E-state index is 15.2. The van der Waals surface area contributed by atoms with Crippen LogP contribution in [-0.2, 0) is 47.2 Å². The van der Waals surface area contributed by atoms with Crippen LogP contribution in [0.4, 0.5) is 22.0 Å². The highest BCUT2D eigenvalue weighted by molar-refractivity contribution is 7.90. The number of carbonyl (C=O) groups is 5. The molecule has 5 N–H and O–H groups in total. The number of aryl methyl sites for hydroxylation is 3. The summed E-state index contributed by atoms with van der Waals surface area (Å²) in [5.74, 6) is -3.92. The van der Waals surface area contributed by atoms with Crippen molar-refractivity contribution < 1.29 is 54.3 Å². The molecule has 0 saturated heterocycles. The lowest BCUT2D eigenvalue weighted by Crippen LogP contribution is -2.22. The SMILES string of the molecule is CC(=O)c1c(-c2ccc[nH]c2=O)c2cc(C)c(F)cc2n1Cc1cc2ccccc2nc1Cl.CC(=O)c1c(-c2ccc[nH]c2=O)c2cc(C3CC3)c(F)cc2n1Cc1cc2ccccc2nc1Cl.CC(=O)c1c(C2=CC=CCC2=O)c2cc(C)c(F)cc2n1Cc1cc2c(=O)[nH]c(=O)[nH]c2cc1F.CCc1ccc2c(c1)c(-c1ccc[nH]c1=O)c(C(C)=O)n2Cc1cc(S(C)(=O)=O)c(C#N)cc1F. The maximum Gasteiger partial charge on any atom is 0.326 e. The predicted molar refractivity (Wildman–Crippen MR) is 523 cm³/mol. The van der Waals surface area contributed by atoms with Gasteiger partial charge in [-0.2, -0.15) is 5.26 Å². The fraction of sp³-hybridized carbons (Fsp3) is 0.160. The van der Waals surface area contributed by atoms with Crippen molar-refractivity contribution in [2.75, 3.05) is 6.26 Å². The van der Waals surface area contributed by atoms with Crippen molar-refractivity contribution >= 4 is 144 Å². The minimum atomic E-state index is -3.81. The number of hydrogen-bond donors (Lipinski definition) is 5. The molecule has 0 bridgehead atoms. The van der Waals surface area contributed by atoms with Gasteiger partial charge in [0.15, 0.2) is 38.8 Å². The molecule has 1 saturated carbocycles. The van der Waals surface area contributed by atoms with Crippen molar-refractivity contribution in [1.29, 1.82) is 5.26 Å². The number of pyridine rings is 5. The first-order valence-electron chi connectivity index (χ1n) is 43.6. The molecule has 2 aliphatic rings. The highest BCUT2D eigenvalue weighted by atomic mass is 35.5. The molecule has 0 unspecified atom stereocenters. The smallest absolute Gasteiger partial charge is 0.326 e. The molecule has 692 valence electrons. The third-order valence-electron chi connectivity index (χ3n) is 24.7. The zero-order chi connectivity index (χ0) is 98.0. The Morgan fingerprint density at radius 3 is 1.36 bits per heavy atom. The van der Waals surface area contributed by atoms with E-state index >= 15 is 13.2 Å². The van der Waals surface area contributed by atoms with Gasteiger partial charge in [0.25, 0.3) is 22.2 Å². The lowest BCUT2D eigenvalue weighted by atomic mass is 9.92. The van der Waals surface area contributed by atoms with Gasteiger partial charge < -0.3 is 38.2 Å². The fourth-order valence-corrected chi connectivity index (χ4v) is 19.4. The first-order valence-corrected chi connectivity index (χ1v) is 46.2. The van der Waals surface area contributed by atoms with E-state index in [0.717, 1.165) is 71.1 Å². The van der Waals surface area contributed by atoms with Crippen LogP contribution in [0.1, 0.15) is 157 Å². The van der Waals surface area contributed by atoms with Crippen LogP contribution in [0.3, 0.4) is 0 Å². The quantitative estimate of drug-likeness (QED) is 0.0217. The van der Waals surface area contributed by atoms with Gasteiger partial charge in [0.1, 0.15) is 45.5 Å². The largest absolute Gasteiger partial charge is 0.333 e. The predicted octanol–water partition coefficient (Wildman–Crippen LogP) is 20.5. The zero-order valence-electron chi connectivity index (χ0n) is 75.0. The number of aromatic nitrogens is 11. The summed E-state index contributed by atoms with van der Waals surface area (Å²) in [6.45, 7) is 10.8. The average molecular weight is 1910 g/mol. The first-order chi connectivity index (χ1) is 66.0. The Kier molecular flexibility index (Phi) is 25.6. The molecule has 18 aromatic rings. The molecule has 0 aliphatic heterocycles. The number of hydrogen-bond acceptors (Lipinski definition) is 15. The van der Waals surface area contributed by atoms with E-state index < -0.39 is 44.4 Å². The first kappa shape index (κ1) is 93.8. The molecule has 0 spiro atoms. The molecule has 0 radical (unpaired) electrons. The van der Waals surface area contributed by atoms with E-state index in [-0.39, 0.29) is 134 Å². The number of rotatable bonds is 19. The Morgan fingerprint density at radius 2 is 0.906 bits per heavy atom. The molecule has 8 aromatic carbocycles. The monoisotopic (exact) mass is 1910 g/mol. The second kappa shape index (κ2) is 37.7. The Bertz CT molecular complexity index is 8870. The number of Topliss-reactive ketones (excluding diaryl/α,β-unsaturated/α-hetero) is 5. The molecule has 32 heteroatoms. The van der Waals surface area contributed by atoms with Crippen LogP contribution in [0.2, 0.25) is 10.3 Å². The van der Waals surface area contributed by atoms with Gasteiger partial charge in [-0.3, -0.25) is 48.1 Å². The summed E-state index contributed by atoms with van der Waals surface area (Å²) in [7, 11) is -3.81. The van der Waals surface area contributed by atoms with Crippen LogP contribution < -0.4 is 27.9 Å². The van der Waals surface area contributed by atoms with Crippen molar-refractivity contribution in [3.8, 4) is 39.4 Å². The van der Waals surface area contributed by atoms with Gasteiger partial charge in [0.05, 0.1) is 97.9 Å². The number of para-hydroxylation sites is 2. The van der Waals surface area contributed by atoms with Gasteiger partial charge in [0.2, 0.25) is 0 Å². The Balaban J connectivity index is 0.000000127. The van der Waals surface area contributed by atoms with Crippen LogP contribution in [-0.4, -0.2) is 96.7 Å².